The topological polar surface area (TPSA) is 142 Å². The number of carbonyl (C=O) groups excluding carboxylic acids is 1. The first-order valence-electron chi connectivity index (χ1n) is 12.6. The molecule has 12 heteroatoms. The van der Waals surface area contributed by atoms with Crippen LogP contribution in [0, 0.1) is 0 Å². The highest BCUT2D eigenvalue weighted by Gasteiger charge is 2.32. The van der Waals surface area contributed by atoms with Gasteiger partial charge in [0.25, 0.3) is 11.8 Å². The predicted molar refractivity (Wildman–Crippen MR) is 139 cm³/mol. The number of nitrogens with one attached hydrogen (secondary N) is 2. The normalized spacial score (nSPS) is 15.0. The number of morpholine rings is 1. The largest absolute Gasteiger partial charge is 0.667 e. The van der Waals surface area contributed by atoms with Crippen LogP contribution in [0.15, 0.2) is 65.2 Å². The third kappa shape index (κ3) is 9.41. The van der Waals surface area contributed by atoms with Gasteiger partial charge in [0, 0.05) is 31.5 Å². The smallest absolute Gasteiger partial charge is 0.407 e. The second-order valence-electron chi connectivity index (χ2n) is 8.95. The van der Waals surface area contributed by atoms with E-state index < -0.39 is 42.8 Å². The zero-order valence-electron chi connectivity index (χ0n) is 21.6. The summed E-state index contributed by atoms with van der Waals surface area (Å²) in [6.07, 6.45) is -1.81. The van der Waals surface area contributed by atoms with E-state index in [1.165, 1.54) is 4.90 Å². The summed E-state index contributed by atoms with van der Waals surface area (Å²) in [5.41, 5.74) is 9.11. The summed E-state index contributed by atoms with van der Waals surface area (Å²) in [5, 5.41) is 14.9. The highest BCUT2D eigenvalue weighted by Crippen LogP contribution is 2.27. The second kappa shape index (κ2) is 14.3. The van der Waals surface area contributed by atoms with E-state index in [4.69, 9.17) is 20.1 Å². The molecule has 0 saturated carbocycles. The Bertz CT molecular complexity index is 1170. The number of carbonyl (C=O) groups is 2. The molecule has 10 nitrogen and oxygen atoms in total. The summed E-state index contributed by atoms with van der Waals surface area (Å²) < 4.78 is 38.8. The molecule has 1 fully saturated rings. The number of hydrogen-bond acceptors (Lipinski definition) is 6. The first kappa shape index (κ1) is 29.7. The molecule has 210 valence electrons. The summed E-state index contributed by atoms with van der Waals surface area (Å²) >= 11 is 0. The lowest BCUT2D eigenvalue weighted by molar-refractivity contribution is -0.124. The third-order valence-corrected chi connectivity index (χ3v) is 5.91. The van der Waals surface area contributed by atoms with Crippen LogP contribution in [0.1, 0.15) is 37.2 Å². The Labute approximate surface area is 225 Å². The maximum Gasteiger partial charge on any atom is 0.407 e. The Hall–Kier alpha value is -3.90. The van der Waals surface area contributed by atoms with Gasteiger partial charge in [-0.2, -0.15) is 4.98 Å². The van der Waals surface area contributed by atoms with Crippen LogP contribution < -0.4 is 5.32 Å². The lowest BCUT2D eigenvalue weighted by Gasteiger charge is -2.27. The van der Waals surface area contributed by atoms with Crippen molar-refractivity contribution in [3.8, 4) is 11.5 Å². The second-order valence-corrected chi connectivity index (χ2v) is 8.95. The number of carboxylic acid groups (broad SMARTS) is 1. The van der Waals surface area contributed by atoms with E-state index in [0.29, 0.717) is 44.2 Å². The van der Waals surface area contributed by atoms with Gasteiger partial charge in [0.1, 0.15) is 0 Å². The number of ether oxygens (including phenoxy) is 1. The quantitative estimate of drug-likeness (QED) is 0.386. The van der Waals surface area contributed by atoms with Crippen LogP contribution in [0.3, 0.4) is 0 Å². The van der Waals surface area contributed by atoms with Crippen molar-refractivity contribution in [2.45, 2.75) is 44.2 Å². The van der Waals surface area contributed by atoms with Crippen molar-refractivity contribution >= 4 is 12.0 Å². The first-order valence-corrected chi connectivity index (χ1v) is 12.6. The van der Waals surface area contributed by atoms with Gasteiger partial charge in [-0.3, -0.25) is 4.79 Å². The van der Waals surface area contributed by atoms with Crippen LogP contribution >= 0.6 is 0 Å². The summed E-state index contributed by atoms with van der Waals surface area (Å²) in [4.78, 5) is 28.2. The Kier molecular flexibility index (Phi) is 10.9. The lowest BCUT2D eigenvalue weighted by Crippen LogP contribution is -2.39. The molecule has 0 spiro atoms. The molecule has 39 heavy (non-hydrogen) atoms. The van der Waals surface area contributed by atoms with E-state index in [0.717, 1.165) is 5.56 Å². The fourth-order valence-electron chi connectivity index (χ4n) is 3.81. The summed E-state index contributed by atoms with van der Waals surface area (Å²) in [6.45, 7) is 3.88. The predicted octanol–water partition coefficient (Wildman–Crippen LogP) is 4.99. The summed E-state index contributed by atoms with van der Waals surface area (Å²) in [5.74, 6) is -3.41. The molecule has 0 radical (unpaired) electrons. The number of alkyl halides is 2. The number of amides is 2. The van der Waals surface area contributed by atoms with Crippen LogP contribution in [0.4, 0.5) is 13.6 Å². The maximum absolute atomic E-state index is 14.3. The van der Waals surface area contributed by atoms with E-state index in [-0.39, 0.29) is 5.82 Å². The first-order chi connectivity index (χ1) is 18.7. The number of aromatic nitrogens is 2. The fraction of sp³-hybridized carbons (Fsp3) is 0.407. The van der Waals surface area contributed by atoms with Gasteiger partial charge in [-0.15, -0.1) is 0 Å². The molecule has 0 aliphatic carbocycles. The molecule has 1 saturated heterocycles. The monoisotopic (exact) mass is 544 g/mol. The highest BCUT2D eigenvalue weighted by molar-refractivity contribution is 5.83. The van der Waals surface area contributed by atoms with Gasteiger partial charge >= 0.3 is 6.09 Å². The van der Waals surface area contributed by atoms with E-state index in [2.05, 4.69) is 15.5 Å². The van der Waals surface area contributed by atoms with Crippen molar-refractivity contribution in [1.29, 1.82) is 0 Å². The van der Waals surface area contributed by atoms with Crippen LogP contribution in [0.5, 0.6) is 0 Å². The molecular formula is C27H32F2N5O5-. The van der Waals surface area contributed by atoms with Crippen molar-refractivity contribution < 1.29 is 32.7 Å². The molecule has 2 aromatic carbocycles. The van der Waals surface area contributed by atoms with E-state index in [9.17, 15) is 18.4 Å². The van der Waals surface area contributed by atoms with Crippen molar-refractivity contribution in [1.82, 2.24) is 20.4 Å². The maximum atomic E-state index is 14.3. The van der Waals surface area contributed by atoms with Gasteiger partial charge in [0.15, 0.2) is 5.82 Å². The Morgan fingerprint density at radius 3 is 2.28 bits per heavy atom. The van der Waals surface area contributed by atoms with E-state index in [1.54, 1.807) is 37.3 Å². The molecule has 3 N–H and O–H groups in total. The molecular weight excluding hydrogens is 512 g/mol. The lowest BCUT2D eigenvalue weighted by atomic mass is 10.0. The van der Waals surface area contributed by atoms with Crippen LogP contribution in [-0.4, -0.2) is 70.4 Å². The zero-order chi connectivity index (χ0) is 28.3. The van der Waals surface area contributed by atoms with E-state index >= 15 is 0 Å². The fourth-order valence-corrected chi connectivity index (χ4v) is 3.81. The van der Waals surface area contributed by atoms with Gasteiger partial charge in [-0.25, -0.2) is 13.6 Å². The van der Waals surface area contributed by atoms with E-state index in [1.807, 2.05) is 30.3 Å². The summed E-state index contributed by atoms with van der Waals surface area (Å²) in [6, 6.07) is 15.2. The molecule has 0 unspecified atom stereocenters. The van der Waals surface area contributed by atoms with Crippen molar-refractivity contribution in [2.24, 2.45) is 0 Å². The zero-order valence-corrected chi connectivity index (χ0v) is 21.6. The average molecular weight is 545 g/mol. The Balaban J connectivity index is 0.000000395. The van der Waals surface area contributed by atoms with Gasteiger partial charge < -0.3 is 30.3 Å². The molecule has 1 aliphatic rings. The minimum Gasteiger partial charge on any atom is -0.667 e. The Morgan fingerprint density at radius 1 is 1.10 bits per heavy atom. The molecule has 1 aliphatic heterocycles. The molecule has 2 atom stereocenters. The van der Waals surface area contributed by atoms with Crippen molar-refractivity contribution in [2.75, 3.05) is 26.3 Å². The van der Waals surface area contributed by atoms with Gasteiger partial charge in [0.2, 0.25) is 5.91 Å². The van der Waals surface area contributed by atoms with Crippen LogP contribution in [-0.2, 0) is 16.0 Å². The molecule has 4 rings (SSSR count). The number of rotatable bonds is 9. The molecule has 1 aromatic heterocycles. The van der Waals surface area contributed by atoms with Gasteiger partial charge in [0.05, 0.1) is 19.3 Å². The number of benzene rings is 2. The number of nitrogens with zero attached hydrogens (tertiary/aromatic N) is 3. The minimum atomic E-state index is -3.17. The SMILES string of the molecule is CC[C@H](NC(=O)[C@@H]([NH-])CC(F)(F)Cc1ccccc1)c1noc(-c2ccccc2)n1.O=C(O)N1CCOCC1. The standard InChI is InChI=1S/C22H23F2N4O2.C5H9NO3/c1-2-18(19-27-21(30-28-19)16-11-7-4-8-12-16)26-20(29)17(25)14-22(23,24)13-15-9-5-3-6-10-15;7-5(8)6-1-3-9-4-2-6/h3-12,17-18,25H,2,13-14H2,1H3,(H,26,29);1-4H2,(H,7,8)/q-1;/t17-,18-;/m0./s1. The molecule has 3 aromatic rings. The van der Waals surface area contributed by atoms with Crippen molar-refractivity contribution in [3.05, 3.63) is 77.8 Å². The average Bonchev–Trinajstić information content (AvgIpc) is 3.43. The van der Waals surface area contributed by atoms with Crippen LogP contribution in [0.25, 0.3) is 17.2 Å². The Morgan fingerprint density at radius 2 is 1.72 bits per heavy atom. The molecule has 2 amide bonds. The van der Waals surface area contributed by atoms with Gasteiger partial charge in [-0.05, 0) is 24.1 Å². The highest BCUT2D eigenvalue weighted by atomic mass is 19.3. The number of halogens is 2. The minimum absolute atomic E-state index is 0.243. The summed E-state index contributed by atoms with van der Waals surface area (Å²) in [7, 11) is 0. The van der Waals surface area contributed by atoms with Gasteiger partial charge in [-0.1, -0.05) is 66.7 Å². The molecule has 2 heterocycles. The van der Waals surface area contributed by atoms with Crippen LogP contribution in [0.2, 0.25) is 0 Å². The van der Waals surface area contributed by atoms with Crippen molar-refractivity contribution in [3.63, 3.8) is 0 Å². The number of hydrogen-bond donors (Lipinski definition) is 2. The third-order valence-electron chi connectivity index (χ3n) is 5.91. The molecule has 0 bridgehead atoms.